The van der Waals surface area contributed by atoms with Gasteiger partial charge in [-0.1, -0.05) is 12.1 Å². The molecule has 0 atom stereocenters. The molecule has 3 aromatic rings. The molecule has 3 aromatic carbocycles. The third-order valence-corrected chi connectivity index (χ3v) is 4.20. The molecule has 27 heavy (non-hydrogen) atoms. The van der Waals surface area contributed by atoms with Crippen molar-refractivity contribution in [2.75, 3.05) is 11.5 Å². The summed E-state index contributed by atoms with van der Waals surface area (Å²) in [4.78, 5) is 10.4. The molecule has 0 heterocycles. The summed E-state index contributed by atoms with van der Waals surface area (Å²) < 4.78 is 0. The van der Waals surface area contributed by atoms with Crippen LogP contribution >= 0.6 is 0 Å². The van der Waals surface area contributed by atoms with Crippen molar-refractivity contribution >= 4 is 17.1 Å². The summed E-state index contributed by atoms with van der Waals surface area (Å²) in [6, 6.07) is 18.5. The molecule has 0 radical (unpaired) electrons. The summed E-state index contributed by atoms with van der Waals surface area (Å²) in [5.41, 5.74) is 15.1. The topological polar surface area (TPSA) is 143 Å². The molecule has 0 aliphatic rings. The second kappa shape index (κ2) is 6.87. The third kappa shape index (κ3) is 3.13. The maximum Gasteiger partial charge on any atom is 0.269 e. The van der Waals surface area contributed by atoms with Crippen LogP contribution in [0.1, 0.15) is 11.1 Å². The maximum atomic E-state index is 10.9. The normalized spacial score (nSPS) is 10.0. The number of nitrogens with two attached hydrogens (primary N) is 2. The van der Waals surface area contributed by atoms with E-state index in [1.165, 1.54) is 12.1 Å². The monoisotopic (exact) mass is 355 g/mol. The largest absolute Gasteiger partial charge is 0.399 e. The number of nitro groups is 1. The van der Waals surface area contributed by atoms with Crippen molar-refractivity contribution in [1.82, 2.24) is 0 Å². The number of benzene rings is 3. The van der Waals surface area contributed by atoms with E-state index in [0.29, 0.717) is 22.4 Å². The Morgan fingerprint density at radius 1 is 0.815 bits per heavy atom. The maximum absolute atomic E-state index is 10.9. The quantitative estimate of drug-likeness (QED) is 0.415. The Labute approximate surface area is 154 Å². The van der Waals surface area contributed by atoms with Crippen molar-refractivity contribution in [3.05, 3.63) is 75.8 Å². The first-order valence-corrected chi connectivity index (χ1v) is 7.83. The highest BCUT2D eigenvalue weighted by Crippen LogP contribution is 2.37. The summed E-state index contributed by atoms with van der Waals surface area (Å²) in [6.07, 6.45) is 0. The smallest absolute Gasteiger partial charge is 0.269 e. The first kappa shape index (κ1) is 17.5. The number of hydrogen-bond donors (Lipinski definition) is 2. The van der Waals surface area contributed by atoms with Gasteiger partial charge in [0.15, 0.2) is 0 Å². The van der Waals surface area contributed by atoms with Gasteiger partial charge in [0.1, 0.15) is 12.1 Å². The van der Waals surface area contributed by atoms with Crippen molar-refractivity contribution in [1.29, 1.82) is 10.5 Å². The van der Waals surface area contributed by atoms with Crippen LogP contribution in [-0.4, -0.2) is 4.92 Å². The van der Waals surface area contributed by atoms with Crippen LogP contribution in [0.3, 0.4) is 0 Å². The first-order chi connectivity index (χ1) is 13.0. The lowest BCUT2D eigenvalue weighted by atomic mass is 9.89. The summed E-state index contributed by atoms with van der Waals surface area (Å²) in [5, 5.41) is 30.0. The molecular weight excluding hydrogens is 342 g/mol. The van der Waals surface area contributed by atoms with E-state index in [2.05, 4.69) is 6.07 Å². The van der Waals surface area contributed by atoms with Crippen LogP contribution in [0.15, 0.2) is 54.6 Å². The second-order valence-corrected chi connectivity index (χ2v) is 5.78. The zero-order valence-corrected chi connectivity index (χ0v) is 14.0. The number of rotatable bonds is 3. The van der Waals surface area contributed by atoms with Gasteiger partial charge in [-0.25, -0.2) is 0 Å². The van der Waals surface area contributed by atoms with Gasteiger partial charge in [-0.05, 0) is 41.5 Å². The number of hydrogen-bond acceptors (Lipinski definition) is 6. The summed E-state index contributed by atoms with van der Waals surface area (Å²) in [6.45, 7) is 0. The Morgan fingerprint density at radius 3 is 1.67 bits per heavy atom. The van der Waals surface area contributed by atoms with E-state index in [1.807, 2.05) is 6.07 Å². The van der Waals surface area contributed by atoms with Crippen LogP contribution in [0.2, 0.25) is 0 Å². The van der Waals surface area contributed by atoms with Gasteiger partial charge in [-0.15, -0.1) is 0 Å². The molecule has 4 N–H and O–H groups in total. The highest BCUT2D eigenvalue weighted by atomic mass is 16.6. The zero-order valence-electron chi connectivity index (χ0n) is 14.0. The number of nitro benzene ring substituents is 1. The fourth-order valence-corrected chi connectivity index (χ4v) is 2.83. The summed E-state index contributed by atoms with van der Waals surface area (Å²) in [7, 11) is 0. The van der Waals surface area contributed by atoms with E-state index in [0.717, 1.165) is 5.56 Å². The molecule has 0 aliphatic heterocycles. The Kier molecular flexibility index (Phi) is 4.44. The van der Waals surface area contributed by atoms with Gasteiger partial charge >= 0.3 is 0 Å². The minimum absolute atomic E-state index is 0.0577. The minimum atomic E-state index is -0.498. The number of nitrogens with zero attached hydrogens (tertiary/aromatic N) is 3. The summed E-state index contributed by atoms with van der Waals surface area (Å²) in [5.74, 6) is 0. The molecule has 0 saturated carbocycles. The predicted molar refractivity (Wildman–Crippen MR) is 102 cm³/mol. The van der Waals surface area contributed by atoms with Crippen LogP contribution < -0.4 is 11.5 Å². The van der Waals surface area contributed by atoms with Gasteiger partial charge in [0, 0.05) is 28.9 Å². The lowest BCUT2D eigenvalue weighted by molar-refractivity contribution is -0.384. The fraction of sp³-hybridized carbons (Fsp3) is 0. The van der Waals surface area contributed by atoms with E-state index in [4.69, 9.17) is 11.5 Å². The standard InChI is InChI=1S/C20H13N5O2/c21-10-18-16(12-1-5-14(23)6-2-12)9-17(19(11-22)20(18)24)13-3-7-15(8-4-13)25(26)27/h1-9H,23-24H2. The molecule has 0 aromatic heterocycles. The van der Waals surface area contributed by atoms with E-state index < -0.39 is 4.92 Å². The van der Waals surface area contributed by atoms with Gasteiger partial charge in [-0.3, -0.25) is 10.1 Å². The van der Waals surface area contributed by atoms with Crippen LogP contribution in [0.4, 0.5) is 17.1 Å². The lowest BCUT2D eigenvalue weighted by Crippen LogP contribution is -2.01. The molecule has 130 valence electrons. The van der Waals surface area contributed by atoms with Crippen molar-refractivity contribution in [3.8, 4) is 34.4 Å². The SMILES string of the molecule is N#Cc1c(-c2ccc(N)cc2)cc(-c2ccc([N+](=O)[O-])cc2)c(C#N)c1N. The Hall–Kier alpha value is -4.36. The molecule has 7 nitrogen and oxygen atoms in total. The molecule has 0 bridgehead atoms. The van der Waals surface area contributed by atoms with E-state index in [-0.39, 0.29) is 22.5 Å². The van der Waals surface area contributed by atoms with Crippen molar-refractivity contribution in [3.63, 3.8) is 0 Å². The number of nitriles is 2. The van der Waals surface area contributed by atoms with Crippen LogP contribution in [-0.2, 0) is 0 Å². The molecule has 0 fully saturated rings. The predicted octanol–water partition coefficient (Wildman–Crippen LogP) is 3.84. The van der Waals surface area contributed by atoms with Crippen molar-refractivity contribution in [2.45, 2.75) is 0 Å². The molecule has 0 aliphatic carbocycles. The Morgan fingerprint density at radius 2 is 1.26 bits per heavy atom. The van der Waals surface area contributed by atoms with Gasteiger partial charge in [0.25, 0.3) is 5.69 Å². The highest BCUT2D eigenvalue weighted by molar-refractivity contribution is 5.89. The number of non-ortho nitro benzene ring substituents is 1. The van der Waals surface area contributed by atoms with E-state index >= 15 is 0 Å². The van der Waals surface area contributed by atoms with Crippen molar-refractivity contribution in [2.24, 2.45) is 0 Å². The number of nitrogen functional groups attached to an aromatic ring is 2. The van der Waals surface area contributed by atoms with Gasteiger partial charge < -0.3 is 11.5 Å². The molecular formula is C20H13N5O2. The van der Waals surface area contributed by atoms with Gasteiger partial charge in [-0.2, -0.15) is 10.5 Å². The molecule has 0 unspecified atom stereocenters. The second-order valence-electron chi connectivity index (χ2n) is 5.78. The Bertz CT molecular complexity index is 1120. The van der Waals surface area contributed by atoms with Crippen LogP contribution in [0, 0.1) is 32.8 Å². The van der Waals surface area contributed by atoms with E-state index in [9.17, 15) is 20.6 Å². The van der Waals surface area contributed by atoms with Gasteiger partial charge in [0.05, 0.1) is 21.7 Å². The zero-order chi connectivity index (χ0) is 19.6. The molecule has 7 heteroatoms. The number of anilines is 2. The average molecular weight is 355 g/mol. The lowest BCUT2D eigenvalue weighted by Gasteiger charge is -2.14. The molecule has 0 spiro atoms. The molecule has 3 rings (SSSR count). The van der Waals surface area contributed by atoms with Gasteiger partial charge in [0.2, 0.25) is 0 Å². The summed E-state index contributed by atoms with van der Waals surface area (Å²) >= 11 is 0. The van der Waals surface area contributed by atoms with Crippen LogP contribution in [0.25, 0.3) is 22.3 Å². The first-order valence-electron chi connectivity index (χ1n) is 7.83. The average Bonchev–Trinajstić information content (AvgIpc) is 2.68. The third-order valence-electron chi connectivity index (χ3n) is 4.20. The fourth-order valence-electron chi connectivity index (χ4n) is 2.83. The molecule has 0 amide bonds. The Balaban J connectivity index is 2.28. The molecule has 0 saturated heterocycles. The van der Waals surface area contributed by atoms with Crippen LogP contribution in [0.5, 0.6) is 0 Å². The van der Waals surface area contributed by atoms with Crippen molar-refractivity contribution < 1.29 is 4.92 Å². The van der Waals surface area contributed by atoms with E-state index in [1.54, 1.807) is 42.5 Å². The highest BCUT2D eigenvalue weighted by Gasteiger charge is 2.19. The minimum Gasteiger partial charge on any atom is -0.399 e.